The summed E-state index contributed by atoms with van der Waals surface area (Å²) in [5.74, 6) is 0.0181. The molecule has 3 atom stereocenters. The molecule has 0 radical (unpaired) electrons. The number of ether oxygens (including phenoxy) is 4. The number of aromatic amines is 1. The van der Waals surface area contributed by atoms with Gasteiger partial charge in [-0.1, -0.05) is 55.6 Å². The third kappa shape index (κ3) is 6.25. The van der Waals surface area contributed by atoms with Crippen LogP contribution < -0.4 is 9.47 Å². The van der Waals surface area contributed by atoms with E-state index in [1.807, 2.05) is 36.4 Å². The zero-order valence-corrected chi connectivity index (χ0v) is 21.9. The second-order valence-corrected chi connectivity index (χ2v) is 9.40. The van der Waals surface area contributed by atoms with Gasteiger partial charge in [0.2, 0.25) is 6.79 Å². The average molecular weight is 527 g/mol. The summed E-state index contributed by atoms with van der Waals surface area (Å²) in [4.78, 5) is 33.1. The normalized spacial score (nSPS) is 14.6. The number of aromatic nitrogens is 2. The molecule has 2 heterocycles. The van der Waals surface area contributed by atoms with E-state index in [1.54, 1.807) is 12.3 Å². The SMILES string of the molecule is CCCCC(c1ncc(C(OC(C)=O)C(Cc2ccc3c(c2)OCO3)C(=O)OC)[nH]1)c1ccccc1Cl. The van der Waals surface area contributed by atoms with Gasteiger partial charge in [-0.15, -0.1) is 0 Å². The summed E-state index contributed by atoms with van der Waals surface area (Å²) in [6, 6.07) is 13.2. The maximum atomic E-state index is 13.0. The van der Waals surface area contributed by atoms with Crippen LogP contribution in [0.4, 0.5) is 0 Å². The molecule has 1 aliphatic heterocycles. The first kappa shape index (κ1) is 26.5. The Hall–Kier alpha value is -3.52. The molecule has 8 nitrogen and oxygen atoms in total. The molecule has 1 N–H and O–H groups in total. The number of carbonyl (C=O) groups is 2. The molecule has 3 aromatic rings. The van der Waals surface area contributed by atoms with Crippen molar-refractivity contribution in [2.24, 2.45) is 5.92 Å². The number of methoxy groups -OCH3 is 1. The summed E-state index contributed by atoms with van der Waals surface area (Å²) >= 11 is 6.54. The Balaban J connectivity index is 1.68. The van der Waals surface area contributed by atoms with Crippen molar-refractivity contribution in [3.63, 3.8) is 0 Å². The Labute approximate surface area is 221 Å². The van der Waals surface area contributed by atoms with Gasteiger partial charge in [0.15, 0.2) is 17.6 Å². The number of fused-ring (bicyclic) bond motifs is 1. The third-order valence-corrected chi connectivity index (χ3v) is 6.78. The van der Waals surface area contributed by atoms with Crippen LogP contribution in [-0.4, -0.2) is 35.8 Å². The molecule has 2 aromatic carbocycles. The fraction of sp³-hybridized carbons (Fsp3) is 0.393. The summed E-state index contributed by atoms with van der Waals surface area (Å²) in [5.41, 5.74) is 2.29. The summed E-state index contributed by atoms with van der Waals surface area (Å²) in [6.45, 7) is 3.59. The number of hydrogen-bond donors (Lipinski definition) is 1. The van der Waals surface area contributed by atoms with Crippen molar-refractivity contribution in [3.05, 3.63) is 76.3 Å². The molecular weight excluding hydrogens is 496 g/mol. The number of carbonyl (C=O) groups excluding carboxylic acids is 2. The number of rotatable bonds is 11. The Kier molecular flexibility index (Phi) is 8.71. The number of halogens is 1. The van der Waals surface area contributed by atoms with Gasteiger partial charge >= 0.3 is 11.9 Å². The molecule has 1 aromatic heterocycles. The van der Waals surface area contributed by atoms with Gasteiger partial charge in [0.1, 0.15) is 11.7 Å². The molecular formula is C28H31ClN2O6. The second kappa shape index (κ2) is 12.1. The lowest BCUT2D eigenvalue weighted by molar-refractivity contribution is -0.159. The van der Waals surface area contributed by atoms with E-state index in [-0.39, 0.29) is 19.1 Å². The maximum absolute atomic E-state index is 13.0. The third-order valence-electron chi connectivity index (χ3n) is 6.43. The van der Waals surface area contributed by atoms with Crippen LogP contribution in [0, 0.1) is 5.92 Å². The van der Waals surface area contributed by atoms with E-state index in [1.165, 1.54) is 14.0 Å². The fourth-order valence-corrected chi connectivity index (χ4v) is 4.87. The van der Waals surface area contributed by atoms with Crippen molar-refractivity contribution in [2.75, 3.05) is 13.9 Å². The van der Waals surface area contributed by atoms with Crippen LogP contribution in [0.15, 0.2) is 48.7 Å². The number of imidazole rings is 1. The number of benzene rings is 2. The predicted molar refractivity (Wildman–Crippen MR) is 138 cm³/mol. The number of nitrogens with one attached hydrogen (secondary N) is 1. The lowest BCUT2D eigenvalue weighted by Gasteiger charge is -2.24. The van der Waals surface area contributed by atoms with Crippen LogP contribution in [0.1, 0.15) is 67.8 Å². The minimum absolute atomic E-state index is 0.0779. The van der Waals surface area contributed by atoms with E-state index in [0.29, 0.717) is 28.0 Å². The Morgan fingerprint density at radius 1 is 1.16 bits per heavy atom. The molecule has 0 aliphatic carbocycles. The van der Waals surface area contributed by atoms with Crippen LogP contribution in [-0.2, 0) is 25.5 Å². The van der Waals surface area contributed by atoms with Crippen molar-refractivity contribution in [2.45, 2.75) is 51.6 Å². The average Bonchev–Trinajstić information content (AvgIpc) is 3.56. The summed E-state index contributed by atoms with van der Waals surface area (Å²) < 4.78 is 21.7. The van der Waals surface area contributed by atoms with Gasteiger partial charge in [-0.25, -0.2) is 4.98 Å². The fourth-order valence-electron chi connectivity index (χ4n) is 4.61. The lowest BCUT2D eigenvalue weighted by atomic mass is 9.91. The van der Waals surface area contributed by atoms with E-state index in [2.05, 4.69) is 16.9 Å². The quantitative estimate of drug-likeness (QED) is 0.317. The standard InChI is InChI=1S/C28H31ClN2O6/c1-4-5-8-20(19-9-6-7-10-22(19)29)27-30-15-23(31-27)26(37-17(2)32)21(28(33)34-3)13-18-11-12-24-25(14-18)36-16-35-24/h6-7,9-12,14-15,20-21,26H,4-5,8,13,16H2,1-3H3,(H,30,31). The van der Waals surface area contributed by atoms with E-state index < -0.39 is 24.0 Å². The van der Waals surface area contributed by atoms with Crippen LogP contribution >= 0.6 is 11.6 Å². The number of esters is 2. The minimum Gasteiger partial charge on any atom is -0.469 e. The second-order valence-electron chi connectivity index (χ2n) is 8.99. The Morgan fingerprint density at radius 2 is 1.95 bits per heavy atom. The molecule has 0 spiro atoms. The Bertz CT molecular complexity index is 1240. The van der Waals surface area contributed by atoms with Crippen molar-refractivity contribution in [1.29, 1.82) is 0 Å². The molecule has 0 amide bonds. The minimum atomic E-state index is -0.935. The van der Waals surface area contributed by atoms with Gasteiger partial charge < -0.3 is 23.9 Å². The number of nitrogens with zero attached hydrogens (tertiary/aromatic N) is 1. The van der Waals surface area contributed by atoms with Crippen molar-refractivity contribution < 1.29 is 28.5 Å². The van der Waals surface area contributed by atoms with Gasteiger partial charge in [0, 0.05) is 17.9 Å². The molecule has 1 aliphatic rings. The van der Waals surface area contributed by atoms with Gasteiger partial charge in [0.05, 0.1) is 19.0 Å². The first-order valence-electron chi connectivity index (χ1n) is 12.3. The smallest absolute Gasteiger partial charge is 0.313 e. The van der Waals surface area contributed by atoms with Crippen LogP contribution in [0.25, 0.3) is 0 Å². The van der Waals surface area contributed by atoms with E-state index in [9.17, 15) is 9.59 Å². The van der Waals surface area contributed by atoms with Crippen molar-refractivity contribution in [1.82, 2.24) is 9.97 Å². The van der Waals surface area contributed by atoms with E-state index >= 15 is 0 Å². The summed E-state index contributed by atoms with van der Waals surface area (Å²) in [6.07, 6.45) is 3.77. The number of hydrogen-bond acceptors (Lipinski definition) is 7. The van der Waals surface area contributed by atoms with Crippen LogP contribution in [0.2, 0.25) is 5.02 Å². The molecule has 9 heteroatoms. The molecule has 4 rings (SSSR count). The van der Waals surface area contributed by atoms with E-state index in [4.69, 9.17) is 30.5 Å². The zero-order valence-electron chi connectivity index (χ0n) is 21.2. The summed E-state index contributed by atoms with van der Waals surface area (Å²) in [7, 11) is 1.32. The molecule has 3 unspecified atom stereocenters. The van der Waals surface area contributed by atoms with E-state index in [0.717, 1.165) is 30.4 Å². The van der Waals surface area contributed by atoms with Crippen molar-refractivity contribution >= 4 is 23.5 Å². The molecule has 0 saturated carbocycles. The Morgan fingerprint density at radius 3 is 2.68 bits per heavy atom. The highest BCUT2D eigenvalue weighted by Crippen LogP contribution is 2.37. The topological polar surface area (TPSA) is 99.7 Å². The number of H-pyrrole nitrogens is 1. The van der Waals surface area contributed by atoms with Gasteiger partial charge in [0.25, 0.3) is 0 Å². The highest BCUT2D eigenvalue weighted by Gasteiger charge is 2.36. The molecule has 0 bridgehead atoms. The van der Waals surface area contributed by atoms with Gasteiger partial charge in [-0.3, -0.25) is 9.59 Å². The first-order chi connectivity index (χ1) is 17.9. The van der Waals surface area contributed by atoms with Gasteiger partial charge in [-0.05, 0) is 42.2 Å². The molecule has 37 heavy (non-hydrogen) atoms. The highest BCUT2D eigenvalue weighted by molar-refractivity contribution is 6.31. The molecule has 196 valence electrons. The van der Waals surface area contributed by atoms with Crippen LogP contribution in [0.5, 0.6) is 11.5 Å². The number of unbranched alkanes of at least 4 members (excludes halogenated alkanes) is 1. The molecule has 0 saturated heterocycles. The monoisotopic (exact) mass is 526 g/mol. The highest BCUT2D eigenvalue weighted by atomic mass is 35.5. The predicted octanol–water partition coefficient (Wildman–Crippen LogP) is 5.75. The largest absolute Gasteiger partial charge is 0.469 e. The van der Waals surface area contributed by atoms with Gasteiger partial charge in [-0.2, -0.15) is 0 Å². The van der Waals surface area contributed by atoms with Crippen LogP contribution in [0.3, 0.4) is 0 Å². The van der Waals surface area contributed by atoms with Crippen molar-refractivity contribution in [3.8, 4) is 11.5 Å². The maximum Gasteiger partial charge on any atom is 0.313 e. The summed E-state index contributed by atoms with van der Waals surface area (Å²) in [5, 5.41) is 0.660. The lowest BCUT2D eigenvalue weighted by Crippen LogP contribution is -2.29. The zero-order chi connectivity index (χ0) is 26.4. The molecule has 0 fully saturated rings. The first-order valence-corrected chi connectivity index (χ1v) is 12.7.